The van der Waals surface area contributed by atoms with Gasteiger partial charge in [0.1, 0.15) is 17.4 Å². The highest BCUT2D eigenvalue weighted by Gasteiger charge is 2.27. The van der Waals surface area contributed by atoms with Gasteiger partial charge in [-0.15, -0.1) is 0 Å². The topological polar surface area (TPSA) is 106 Å². The van der Waals surface area contributed by atoms with Crippen LogP contribution < -0.4 is 15.4 Å². The summed E-state index contributed by atoms with van der Waals surface area (Å²) in [6.07, 6.45) is 2.69. The van der Waals surface area contributed by atoms with Crippen LogP contribution in [0.5, 0.6) is 5.75 Å². The van der Waals surface area contributed by atoms with Crippen molar-refractivity contribution in [1.82, 2.24) is 14.1 Å². The average molecular weight is 502 g/mol. The van der Waals surface area contributed by atoms with Gasteiger partial charge in [-0.2, -0.15) is 9.40 Å². The molecule has 0 aliphatic carbocycles. The second kappa shape index (κ2) is 10.4. The Bertz CT molecular complexity index is 1300. The second-order valence-corrected chi connectivity index (χ2v) is 10.2. The Labute approximate surface area is 203 Å². The SMILES string of the molecule is COc1ccc(S(=O)(=O)N2CCCCC2)cc1NC(=O)CNc1cc(C)n(-c2ccc(F)cc2)n1. The molecule has 1 aromatic heterocycles. The normalized spacial score (nSPS) is 14.5. The number of rotatable bonds is 8. The van der Waals surface area contributed by atoms with Crippen LogP contribution in [0.3, 0.4) is 0 Å². The zero-order valence-electron chi connectivity index (χ0n) is 19.6. The molecule has 4 rings (SSSR count). The number of methoxy groups -OCH3 is 1. The Morgan fingerprint density at radius 3 is 2.49 bits per heavy atom. The third kappa shape index (κ3) is 5.63. The van der Waals surface area contributed by atoms with Gasteiger partial charge in [0.05, 0.1) is 29.9 Å². The van der Waals surface area contributed by atoms with Crippen molar-refractivity contribution in [2.75, 3.05) is 37.4 Å². The first-order valence-corrected chi connectivity index (χ1v) is 12.8. The maximum atomic E-state index is 13.2. The number of carbonyl (C=O) groups is 1. The molecule has 11 heteroatoms. The van der Waals surface area contributed by atoms with E-state index < -0.39 is 15.9 Å². The molecular formula is C24H28FN5O4S. The van der Waals surface area contributed by atoms with Crippen molar-refractivity contribution in [2.24, 2.45) is 0 Å². The highest BCUT2D eigenvalue weighted by Crippen LogP contribution is 2.30. The molecule has 1 amide bonds. The van der Waals surface area contributed by atoms with Gasteiger partial charge in [-0.25, -0.2) is 17.5 Å². The standard InChI is InChI=1S/C24H28FN5O4S/c1-17-14-23(28-30(17)19-8-6-18(25)7-9-19)26-16-24(31)27-21-15-20(10-11-22(21)34-2)35(32,33)29-12-4-3-5-13-29/h6-11,14-15H,3-5,12-13,16H2,1-2H3,(H,26,28)(H,27,31). The van der Waals surface area contributed by atoms with Crippen LogP contribution in [0.4, 0.5) is 15.9 Å². The van der Waals surface area contributed by atoms with Crippen LogP contribution in [-0.2, 0) is 14.8 Å². The van der Waals surface area contributed by atoms with Crippen LogP contribution in [-0.4, -0.2) is 55.2 Å². The minimum absolute atomic E-state index is 0.105. The quantitative estimate of drug-likeness (QED) is 0.489. The smallest absolute Gasteiger partial charge is 0.243 e. The number of nitrogens with zero attached hydrogens (tertiary/aromatic N) is 3. The Balaban J connectivity index is 1.45. The number of halogens is 1. The van der Waals surface area contributed by atoms with Crippen LogP contribution in [0, 0.1) is 12.7 Å². The monoisotopic (exact) mass is 501 g/mol. The highest BCUT2D eigenvalue weighted by molar-refractivity contribution is 7.89. The number of aryl methyl sites for hydroxylation is 1. The summed E-state index contributed by atoms with van der Waals surface area (Å²) in [6.45, 7) is 2.72. The first-order chi connectivity index (χ1) is 16.8. The average Bonchev–Trinajstić information content (AvgIpc) is 3.24. The Morgan fingerprint density at radius 1 is 1.09 bits per heavy atom. The fraction of sp³-hybridized carbons (Fsp3) is 0.333. The van der Waals surface area contributed by atoms with Crippen LogP contribution in [0.25, 0.3) is 5.69 Å². The predicted octanol–water partition coefficient (Wildman–Crippen LogP) is 3.55. The highest BCUT2D eigenvalue weighted by atomic mass is 32.2. The van der Waals surface area contributed by atoms with Gasteiger partial charge < -0.3 is 15.4 Å². The van der Waals surface area contributed by atoms with E-state index in [4.69, 9.17) is 4.74 Å². The minimum atomic E-state index is -3.66. The molecule has 0 unspecified atom stereocenters. The number of benzene rings is 2. The fourth-order valence-corrected chi connectivity index (χ4v) is 5.51. The number of hydrogen-bond acceptors (Lipinski definition) is 6. The maximum absolute atomic E-state index is 13.2. The molecule has 0 radical (unpaired) electrons. The van der Waals surface area contributed by atoms with E-state index in [1.165, 1.54) is 41.7 Å². The molecule has 0 bridgehead atoms. The summed E-state index contributed by atoms with van der Waals surface area (Å²) in [5.41, 5.74) is 1.76. The van der Waals surface area contributed by atoms with E-state index in [1.54, 1.807) is 22.9 Å². The molecule has 35 heavy (non-hydrogen) atoms. The van der Waals surface area contributed by atoms with Gasteiger partial charge in [-0.3, -0.25) is 4.79 Å². The number of anilines is 2. The number of ether oxygens (including phenoxy) is 1. The maximum Gasteiger partial charge on any atom is 0.243 e. The molecule has 0 saturated carbocycles. The summed E-state index contributed by atoms with van der Waals surface area (Å²) in [5.74, 6) is 0.0874. The lowest BCUT2D eigenvalue weighted by Crippen LogP contribution is -2.35. The molecule has 1 aliphatic heterocycles. The molecule has 2 aromatic carbocycles. The second-order valence-electron chi connectivity index (χ2n) is 8.29. The van der Waals surface area contributed by atoms with E-state index in [9.17, 15) is 17.6 Å². The Morgan fingerprint density at radius 2 is 1.80 bits per heavy atom. The summed E-state index contributed by atoms with van der Waals surface area (Å²) in [5, 5.41) is 10.1. The third-order valence-corrected chi connectivity index (χ3v) is 7.68. The number of nitrogens with one attached hydrogen (secondary N) is 2. The van der Waals surface area contributed by atoms with E-state index in [0.29, 0.717) is 30.3 Å². The van der Waals surface area contributed by atoms with E-state index in [0.717, 1.165) is 25.0 Å². The van der Waals surface area contributed by atoms with Crippen LogP contribution in [0.2, 0.25) is 0 Å². The summed E-state index contributed by atoms with van der Waals surface area (Å²) in [7, 11) is -2.21. The van der Waals surface area contributed by atoms with Crippen LogP contribution >= 0.6 is 0 Å². The lowest BCUT2D eigenvalue weighted by atomic mass is 10.2. The van der Waals surface area contributed by atoms with E-state index in [2.05, 4.69) is 15.7 Å². The number of aromatic nitrogens is 2. The molecule has 9 nitrogen and oxygen atoms in total. The first-order valence-electron chi connectivity index (χ1n) is 11.3. The van der Waals surface area contributed by atoms with Crippen molar-refractivity contribution in [3.8, 4) is 11.4 Å². The summed E-state index contributed by atoms with van der Waals surface area (Å²) >= 11 is 0. The molecule has 0 spiro atoms. The number of sulfonamides is 1. The molecule has 0 atom stereocenters. The van der Waals surface area contributed by atoms with Crippen molar-refractivity contribution < 1.29 is 22.3 Å². The lowest BCUT2D eigenvalue weighted by Gasteiger charge is -2.26. The van der Waals surface area contributed by atoms with Gasteiger partial charge in [0.15, 0.2) is 0 Å². The molecule has 1 saturated heterocycles. The number of piperidine rings is 1. The van der Waals surface area contributed by atoms with Crippen molar-refractivity contribution in [2.45, 2.75) is 31.1 Å². The van der Waals surface area contributed by atoms with E-state index in [1.807, 2.05) is 6.92 Å². The zero-order chi connectivity index (χ0) is 25.0. The summed E-state index contributed by atoms with van der Waals surface area (Å²) in [4.78, 5) is 12.8. The number of carbonyl (C=O) groups excluding carboxylic acids is 1. The largest absolute Gasteiger partial charge is 0.495 e. The first kappa shape index (κ1) is 24.7. The Kier molecular flexibility index (Phi) is 7.37. The fourth-order valence-electron chi connectivity index (χ4n) is 3.97. The lowest BCUT2D eigenvalue weighted by molar-refractivity contribution is -0.114. The van der Waals surface area contributed by atoms with Crippen LogP contribution in [0.1, 0.15) is 25.0 Å². The zero-order valence-corrected chi connectivity index (χ0v) is 20.4. The molecule has 2 N–H and O–H groups in total. The van der Waals surface area contributed by atoms with Gasteiger partial charge in [-0.05, 0) is 62.2 Å². The van der Waals surface area contributed by atoms with Gasteiger partial charge in [0, 0.05) is 24.8 Å². The molecule has 1 aliphatic rings. The summed E-state index contributed by atoms with van der Waals surface area (Å²) in [6, 6.07) is 12.1. The predicted molar refractivity (Wildman–Crippen MR) is 131 cm³/mol. The van der Waals surface area contributed by atoms with E-state index >= 15 is 0 Å². The number of amides is 1. The summed E-state index contributed by atoms with van der Waals surface area (Å²) < 4.78 is 47.7. The van der Waals surface area contributed by atoms with E-state index in [-0.39, 0.29) is 22.9 Å². The van der Waals surface area contributed by atoms with Gasteiger partial charge in [-0.1, -0.05) is 6.42 Å². The van der Waals surface area contributed by atoms with Gasteiger partial charge in [0.2, 0.25) is 15.9 Å². The molecular weight excluding hydrogens is 473 g/mol. The molecule has 3 aromatic rings. The molecule has 1 fully saturated rings. The van der Waals surface area contributed by atoms with Crippen molar-refractivity contribution in [1.29, 1.82) is 0 Å². The van der Waals surface area contributed by atoms with Crippen molar-refractivity contribution >= 4 is 27.4 Å². The molecule has 2 heterocycles. The van der Waals surface area contributed by atoms with Crippen molar-refractivity contribution in [3.05, 3.63) is 60.0 Å². The minimum Gasteiger partial charge on any atom is -0.495 e. The van der Waals surface area contributed by atoms with Crippen molar-refractivity contribution in [3.63, 3.8) is 0 Å². The van der Waals surface area contributed by atoms with Gasteiger partial charge in [0.25, 0.3) is 0 Å². The van der Waals surface area contributed by atoms with Gasteiger partial charge >= 0.3 is 0 Å². The molecule has 186 valence electrons. The Hall–Kier alpha value is -3.44. The number of hydrogen-bond donors (Lipinski definition) is 2. The van der Waals surface area contributed by atoms with Crippen LogP contribution in [0.15, 0.2) is 53.4 Å². The third-order valence-electron chi connectivity index (χ3n) is 5.79.